The molecule has 0 radical (unpaired) electrons. The van der Waals surface area contributed by atoms with Crippen LogP contribution < -0.4 is 16.6 Å². The van der Waals surface area contributed by atoms with Crippen molar-refractivity contribution in [2.45, 2.75) is 40.5 Å². The van der Waals surface area contributed by atoms with Crippen LogP contribution in [0.5, 0.6) is 0 Å². The predicted molar refractivity (Wildman–Crippen MR) is 124 cm³/mol. The van der Waals surface area contributed by atoms with Crippen molar-refractivity contribution in [1.82, 2.24) is 4.98 Å². The molecular weight excluding hydrogens is 382 g/mol. The highest BCUT2D eigenvalue weighted by Crippen LogP contribution is 2.40. The van der Waals surface area contributed by atoms with Gasteiger partial charge in [0.25, 0.3) is 5.56 Å². The minimum Gasteiger partial charge on any atom is -0.330 e. The van der Waals surface area contributed by atoms with Crippen molar-refractivity contribution in [3.63, 3.8) is 0 Å². The molecule has 0 spiro atoms. The predicted octanol–water partition coefficient (Wildman–Crippen LogP) is 5.04. The molecule has 3 rings (SSSR count). The van der Waals surface area contributed by atoms with E-state index in [4.69, 9.17) is 5.73 Å². The van der Waals surface area contributed by atoms with Crippen molar-refractivity contribution in [3.8, 4) is 22.3 Å². The standard InChI is InChI=1S/C21H23N3O2S.C2H6/c1-12(10-22)15-4-6-16(7-5-15)18-19(17-8-9-27-14(17)3)20(23-11-25)13(2)24-21(18)26;1-2/h4-9,11-12H,10,22H2,1-3H3,(H,23,25)(H,24,26);1-2H3. The quantitative estimate of drug-likeness (QED) is 0.496. The highest BCUT2D eigenvalue weighted by molar-refractivity contribution is 7.10. The summed E-state index contributed by atoms with van der Waals surface area (Å²) in [5.74, 6) is 0.251. The topological polar surface area (TPSA) is 88.0 Å². The maximum absolute atomic E-state index is 12.9. The molecule has 0 aliphatic rings. The first-order valence-corrected chi connectivity index (χ1v) is 10.7. The number of hydrogen-bond acceptors (Lipinski definition) is 4. The summed E-state index contributed by atoms with van der Waals surface area (Å²) in [4.78, 5) is 28.1. The molecule has 6 heteroatoms. The average molecular weight is 412 g/mol. The number of thiophene rings is 1. The summed E-state index contributed by atoms with van der Waals surface area (Å²) >= 11 is 1.61. The van der Waals surface area contributed by atoms with E-state index in [1.165, 1.54) is 0 Å². The Morgan fingerprint density at radius 3 is 2.31 bits per heavy atom. The normalized spacial score (nSPS) is 11.4. The van der Waals surface area contributed by atoms with Crippen LogP contribution in [0.2, 0.25) is 0 Å². The molecular formula is C23H29N3O2S. The van der Waals surface area contributed by atoms with E-state index in [9.17, 15) is 9.59 Å². The molecule has 1 amide bonds. The van der Waals surface area contributed by atoms with Gasteiger partial charge in [-0.15, -0.1) is 11.3 Å². The van der Waals surface area contributed by atoms with Crippen LogP contribution in [0.15, 0.2) is 40.5 Å². The number of nitrogens with one attached hydrogen (secondary N) is 2. The second-order valence-corrected chi connectivity index (χ2v) is 7.74. The summed E-state index contributed by atoms with van der Waals surface area (Å²) in [6, 6.07) is 9.87. The van der Waals surface area contributed by atoms with Gasteiger partial charge in [0.1, 0.15) is 0 Å². The number of nitrogens with two attached hydrogens (primary N) is 1. The number of amides is 1. The average Bonchev–Trinajstić information content (AvgIpc) is 3.16. The third kappa shape index (κ3) is 4.66. The number of anilines is 1. The molecule has 1 aromatic carbocycles. The van der Waals surface area contributed by atoms with Crippen LogP contribution in [0.25, 0.3) is 22.3 Å². The summed E-state index contributed by atoms with van der Waals surface area (Å²) < 4.78 is 0. The highest BCUT2D eigenvalue weighted by atomic mass is 32.1. The number of H-pyrrole nitrogens is 1. The van der Waals surface area contributed by atoms with Gasteiger partial charge in [-0.2, -0.15) is 0 Å². The molecule has 5 nitrogen and oxygen atoms in total. The number of rotatable bonds is 6. The third-order valence-electron chi connectivity index (χ3n) is 4.86. The van der Waals surface area contributed by atoms with Gasteiger partial charge in [-0.25, -0.2) is 0 Å². The molecule has 0 aliphatic carbocycles. The van der Waals surface area contributed by atoms with Crippen LogP contribution in [0.3, 0.4) is 0 Å². The van der Waals surface area contributed by atoms with E-state index < -0.39 is 0 Å². The minimum absolute atomic E-state index is 0.177. The molecule has 2 aromatic heterocycles. The Morgan fingerprint density at radius 2 is 1.79 bits per heavy atom. The summed E-state index contributed by atoms with van der Waals surface area (Å²) in [7, 11) is 0. The minimum atomic E-state index is -0.177. The summed E-state index contributed by atoms with van der Waals surface area (Å²) in [6.07, 6.45) is 0.641. The number of benzene rings is 1. The lowest BCUT2D eigenvalue weighted by molar-refractivity contribution is -0.105. The molecule has 4 N–H and O–H groups in total. The third-order valence-corrected chi connectivity index (χ3v) is 5.70. The first kappa shape index (κ1) is 22.6. The van der Waals surface area contributed by atoms with Crippen molar-refractivity contribution in [2.75, 3.05) is 11.9 Å². The van der Waals surface area contributed by atoms with Crippen LogP contribution in [0, 0.1) is 13.8 Å². The molecule has 0 fully saturated rings. The Balaban J connectivity index is 0.00000145. The van der Waals surface area contributed by atoms with E-state index in [-0.39, 0.29) is 11.5 Å². The Labute approximate surface area is 176 Å². The van der Waals surface area contributed by atoms with Gasteiger partial charge in [0.2, 0.25) is 6.41 Å². The largest absolute Gasteiger partial charge is 0.330 e. The van der Waals surface area contributed by atoms with Crippen molar-refractivity contribution in [2.24, 2.45) is 5.73 Å². The summed E-state index contributed by atoms with van der Waals surface area (Å²) in [5.41, 5.74) is 11.0. The molecule has 0 saturated heterocycles. The Bertz CT molecular complexity index is 1020. The SMILES string of the molecule is CC.Cc1[nH]c(=O)c(-c2ccc(C(C)CN)cc2)c(-c2ccsc2C)c1NC=O. The van der Waals surface area contributed by atoms with E-state index in [2.05, 4.69) is 17.2 Å². The zero-order valence-electron chi connectivity index (χ0n) is 17.6. The van der Waals surface area contributed by atoms with Gasteiger partial charge >= 0.3 is 0 Å². The molecule has 3 aromatic rings. The Hall–Kier alpha value is -2.70. The molecule has 2 heterocycles. The zero-order valence-corrected chi connectivity index (χ0v) is 18.4. The second-order valence-electron chi connectivity index (χ2n) is 6.62. The van der Waals surface area contributed by atoms with Crippen LogP contribution in [0.1, 0.15) is 42.8 Å². The van der Waals surface area contributed by atoms with Crippen molar-refractivity contribution < 1.29 is 4.79 Å². The monoisotopic (exact) mass is 411 g/mol. The Morgan fingerprint density at radius 1 is 1.14 bits per heavy atom. The van der Waals surface area contributed by atoms with Gasteiger partial charge in [-0.05, 0) is 54.4 Å². The number of carbonyl (C=O) groups is 1. The number of aryl methyl sites for hydroxylation is 2. The van der Waals surface area contributed by atoms with E-state index in [0.29, 0.717) is 29.9 Å². The highest BCUT2D eigenvalue weighted by Gasteiger charge is 2.21. The summed E-state index contributed by atoms with van der Waals surface area (Å²) in [6.45, 7) is 10.4. The van der Waals surface area contributed by atoms with E-state index >= 15 is 0 Å². The van der Waals surface area contributed by atoms with Gasteiger partial charge in [-0.3, -0.25) is 9.59 Å². The van der Waals surface area contributed by atoms with E-state index in [1.54, 1.807) is 18.3 Å². The van der Waals surface area contributed by atoms with Crippen molar-refractivity contribution in [1.29, 1.82) is 0 Å². The fourth-order valence-electron chi connectivity index (χ4n) is 3.26. The molecule has 1 atom stereocenters. The maximum atomic E-state index is 12.9. The van der Waals surface area contributed by atoms with Gasteiger partial charge in [0.15, 0.2) is 0 Å². The molecule has 0 saturated carbocycles. The van der Waals surface area contributed by atoms with Crippen LogP contribution in [-0.2, 0) is 4.79 Å². The number of pyridine rings is 1. The first-order chi connectivity index (χ1) is 14.0. The Kier molecular flexibility index (Phi) is 7.93. The molecule has 29 heavy (non-hydrogen) atoms. The lowest BCUT2D eigenvalue weighted by atomic mass is 9.92. The fourth-order valence-corrected chi connectivity index (χ4v) is 3.97. The van der Waals surface area contributed by atoms with E-state index in [0.717, 1.165) is 27.1 Å². The fraction of sp³-hybridized carbons (Fsp3) is 0.304. The number of aromatic nitrogens is 1. The van der Waals surface area contributed by atoms with Gasteiger partial charge < -0.3 is 16.0 Å². The first-order valence-electron chi connectivity index (χ1n) is 9.79. The van der Waals surface area contributed by atoms with Gasteiger partial charge in [-0.1, -0.05) is 45.0 Å². The van der Waals surface area contributed by atoms with Crippen molar-refractivity contribution >= 4 is 23.4 Å². The number of carbonyl (C=O) groups excluding carboxylic acids is 1. The van der Waals surface area contributed by atoms with Crippen LogP contribution >= 0.6 is 11.3 Å². The number of hydrogen-bond donors (Lipinski definition) is 3. The van der Waals surface area contributed by atoms with Gasteiger partial charge in [0, 0.05) is 16.1 Å². The molecule has 0 bridgehead atoms. The van der Waals surface area contributed by atoms with Crippen molar-refractivity contribution in [3.05, 3.63) is 62.2 Å². The number of aromatic amines is 1. The molecule has 154 valence electrons. The smallest absolute Gasteiger partial charge is 0.256 e. The van der Waals surface area contributed by atoms with Gasteiger partial charge in [0.05, 0.1) is 11.3 Å². The summed E-state index contributed by atoms with van der Waals surface area (Å²) in [5, 5.41) is 4.76. The second kappa shape index (κ2) is 10.2. The lowest BCUT2D eigenvalue weighted by Crippen LogP contribution is -2.16. The van der Waals surface area contributed by atoms with Crippen LogP contribution in [-0.4, -0.2) is 17.9 Å². The lowest BCUT2D eigenvalue weighted by Gasteiger charge is -2.17. The molecule has 1 unspecified atom stereocenters. The van der Waals surface area contributed by atoms with Crippen LogP contribution in [0.4, 0.5) is 5.69 Å². The molecule has 0 aliphatic heterocycles. The zero-order chi connectivity index (χ0) is 21.6. The van der Waals surface area contributed by atoms with E-state index in [1.807, 2.05) is 56.5 Å². The maximum Gasteiger partial charge on any atom is 0.256 e.